The maximum absolute atomic E-state index is 10.4. The molecule has 1 N–H and O–H groups in total. The van der Waals surface area contributed by atoms with Gasteiger partial charge in [0.1, 0.15) is 5.54 Å². The molecule has 1 aliphatic carbocycles. The summed E-state index contributed by atoms with van der Waals surface area (Å²) in [4.78, 5) is 10.4. The molecular formula is C5H5IN2O. The van der Waals surface area contributed by atoms with E-state index in [0.717, 1.165) is 12.8 Å². The zero-order valence-electron chi connectivity index (χ0n) is 4.65. The van der Waals surface area contributed by atoms with E-state index in [2.05, 4.69) is 5.32 Å². The molecule has 4 heteroatoms. The highest BCUT2D eigenvalue weighted by Gasteiger charge is 2.44. The first-order valence-corrected chi connectivity index (χ1v) is 3.65. The Balaban J connectivity index is 2.45. The lowest BCUT2D eigenvalue weighted by Crippen LogP contribution is -2.30. The molecule has 3 nitrogen and oxygen atoms in total. The van der Waals surface area contributed by atoms with Crippen LogP contribution in [0.4, 0.5) is 4.79 Å². The molecular weight excluding hydrogens is 231 g/mol. The lowest BCUT2D eigenvalue weighted by Gasteiger charge is -2.02. The predicted octanol–water partition coefficient (Wildman–Crippen LogP) is 1.19. The van der Waals surface area contributed by atoms with Crippen molar-refractivity contribution in [3.63, 3.8) is 0 Å². The Morgan fingerprint density at radius 2 is 2.33 bits per heavy atom. The van der Waals surface area contributed by atoms with Crippen LogP contribution in [0.3, 0.4) is 0 Å². The normalized spacial score (nSPS) is 20.0. The summed E-state index contributed by atoms with van der Waals surface area (Å²) in [6.07, 6.45) is 1.61. The van der Waals surface area contributed by atoms with Crippen molar-refractivity contribution in [3.8, 4) is 6.07 Å². The Labute approximate surface area is 66.6 Å². The van der Waals surface area contributed by atoms with E-state index in [4.69, 9.17) is 5.26 Å². The SMILES string of the molecule is N#CC1(NC(=O)I)CC1. The number of amides is 1. The molecule has 0 bridgehead atoms. The van der Waals surface area contributed by atoms with Gasteiger partial charge >= 0.3 is 0 Å². The van der Waals surface area contributed by atoms with Crippen molar-refractivity contribution in [2.45, 2.75) is 18.4 Å². The van der Waals surface area contributed by atoms with Gasteiger partial charge in [-0.1, -0.05) is 0 Å². The van der Waals surface area contributed by atoms with E-state index < -0.39 is 5.54 Å². The standard InChI is InChI=1S/C5H5IN2O/c6-4(9)8-5(3-7)1-2-5/h1-2H2,(H,8,9). The summed E-state index contributed by atoms with van der Waals surface area (Å²) in [5.74, 6) is 0. The number of hydrogen-bond donors (Lipinski definition) is 1. The van der Waals surface area contributed by atoms with Crippen LogP contribution in [-0.4, -0.2) is 9.45 Å². The van der Waals surface area contributed by atoms with Gasteiger partial charge in [0.25, 0.3) is 3.91 Å². The van der Waals surface area contributed by atoms with E-state index in [1.165, 1.54) is 0 Å². The van der Waals surface area contributed by atoms with Crippen molar-refractivity contribution < 1.29 is 4.79 Å². The Hall–Kier alpha value is -0.310. The summed E-state index contributed by atoms with van der Waals surface area (Å²) in [6.45, 7) is 0. The van der Waals surface area contributed by atoms with Crippen molar-refractivity contribution in [3.05, 3.63) is 0 Å². The van der Waals surface area contributed by atoms with Crippen molar-refractivity contribution in [1.82, 2.24) is 5.32 Å². The first kappa shape index (κ1) is 6.81. The summed E-state index contributed by atoms with van der Waals surface area (Å²) in [5, 5.41) is 11.0. The molecule has 1 aliphatic rings. The van der Waals surface area contributed by atoms with Crippen LogP contribution in [0.2, 0.25) is 0 Å². The Morgan fingerprint density at radius 1 is 1.78 bits per heavy atom. The molecule has 1 rings (SSSR count). The van der Waals surface area contributed by atoms with E-state index in [0.29, 0.717) is 0 Å². The van der Waals surface area contributed by atoms with Crippen LogP contribution in [0.25, 0.3) is 0 Å². The molecule has 0 unspecified atom stereocenters. The van der Waals surface area contributed by atoms with E-state index in [9.17, 15) is 4.79 Å². The van der Waals surface area contributed by atoms with Gasteiger partial charge < -0.3 is 5.32 Å². The van der Waals surface area contributed by atoms with Crippen LogP contribution < -0.4 is 5.32 Å². The quantitative estimate of drug-likeness (QED) is 0.422. The molecule has 48 valence electrons. The largest absolute Gasteiger partial charge is 0.329 e. The monoisotopic (exact) mass is 236 g/mol. The molecule has 0 aromatic heterocycles. The topological polar surface area (TPSA) is 52.9 Å². The minimum absolute atomic E-state index is 0.147. The first-order chi connectivity index (χ1) is 4.18. The Bertz CT molecular complexity index is 180. The molecule has 0 aromatic carbocycles. The van der Waals surface area contributed by atoms with Gasteiger partial charge in [-0.15, -0.1) is 0 Å². The summed E-state index contributed by atoms with van der Waals surface area (Å²) >= 11 is 1.63. The predicted molar refractivity (Wildman–Crippen MR) is 40.1 cm³/mol. The number of rotatable bonds is 1. The van der Waals surface area contributed by atoms with E-state index in [1.54, 1.807) is 22.6 Å². The highest BCUT2D eigenvalue weighted by atomic mass is 127. The van der Waals surface area contributed by atoms with Gasteiger partial charge in [0.2, 0.25) is 0 Å². The Morgan fingerprint density at radius 3 is 2.44 bits per heavy atom. The first-order valence-electron chi connectivity index (χ1n) is 2.57. The highest BCUT2D eigenvalue weighted by molar-refractivity contribution is 14.1. The molecule has 0 heterocycles. The van der Waals surface area contributed by atoms with Gasteiger partial charge in [-0.05, 0) is 12.8 Å². The number of nitriles is 1. The molecule has 0 spiro atoms. The molecule has 1 amide bonds. The van der Waals surface area contributed by atoms with Crippen LogP contribution >= 0.6 is 22.6 Å². The molecule has 0 saturated heterocycles. The zero-order valence-corrected chi connectivity index (χ0v) is 6.81. The molecule has 1 saturated carbocycles. The third-order valence-corrected chi connectivity index (χ3v) is 1.57. The molecule has 0 aromatic rings. The van der Waals surface area contributed by atoms with Gasteiger partial charge in [0, 0.05) is 22.6 Å². The Kier molecular flexibility index (Phi) is 1.62. The number of nitrogens with one attached hydrogen (secondary N) is 1. The third kappa shape index (κ3) is 1.55. The van der Waals surface area contributed by atoms with Crippen LogP contribution in [0.1, 0.15) is 12.8 Å². The average Bonchev–Trinajstić information content (AvgIpc) is 2.48. The van der Waals surface area contributed by atoms with Crippen LogP contribution in [0.15, 0.2) is 0 Å². The van der Waals surface area contributed by atoms with E-state index >= 15 is 0 Å². The highest BCUT2D eigenvalue weighted by Crippen LogP contribution is 2.34. The number of halogens is 1. The fourth-order valence-electron chi connectivity index (χ4n) is 0.578. The number of carbonyl (C=O) groups excluding carboxylic acids is 1. The lowest BCUT2D eigenvalue weighted by atomic mass is 10.3. The molecule has 1 fully saturated rings. The van der Waals surface area contributed by atoms with Crippen molar-refractivity contribution in [1.29, 1.82) is 5.26 Å². The summed E-state index contributed by atoms with van der Waals surface area (Å²) in [5.41, 5.74) is -0.488. The third-order valence-electron chi connectivity index (χ3n) is 1.30. The van der Waals surface area contributed by atoms with Crippen molar-refractivity contribution >= 4 is 26.5 Å². The zero-order chi connectivity index (χ0) is 6.91. The van der Waals surface area contributed by atoms with Gasteiger partial charge in [-0.2, -0.15) is 5.26 Å². The minimum Gasteiger partial charge on any atom is -0.329 e. The maximum atomic E-state index is 10.4. The van der Waals surface area contributed by atoms with Gasteiger partial charge in [-0.3, -0.25) is 4.79 Å². The van der Waals surface area contributed by atoms with E-state index in [1.807, 2.05) is 6.07 Å². The maximum Gasteiger partial charge on any atom is 0.281 e. The van der Waals surface area contributed by atoms with Crippen molar-refractivity contribution in [2.24, 2.45) is 0 Å². The summed E-state index contributed by atoms with van der Waals surface area (Å²) < 4.78 is -0.147. The second kappa shape index (κ2) is 2.14. The number of hydrogen-bond acceptors (Lipinski definition) is 2. The lowest BCUT2D eigenvalue weighted by molar-refractivity contribution is 0.261. The summed E-state index contributed by atoms with van der Waals surface area (Å²) in [7, 11) is 0. The smallest absolute Gasteiger partial charge is 0.281 e. The number of nitrogens with zero attached hydrogens (tertiary/aromatic N) is 1. The second-order valence-corrected chi connectivity index (χ2v) is 3.07. The number of carbonyl (C=O) groups is 1. The van der Waals surface area contributed by atoms with Crippen LogP contribution in [0.5, 0.6) is 0 Å². The fraction of sp³-hybridized carbons (Fsp3) is 0.600. The van der Waals surface area contributed by atoms with E-state index in [-0.39, 0.29) is 3.91 Å². The van der Waals surface area contributed by atoms with Gasteiger partial charge in [0.05, 0.1) is 6.07 Å². The second-order valence-electron chi connectivity index (χ2n) is 2.09. The average molecular weight is 236 g/mol. The van der Waals surface area contributed by atoms with Gasteiger partial charge in [0.15, 0.2) is 0 Å². The molecule has 0 aliphatic heterocycles. The molecule has 0 radical (unpaired) electrons. The van der Waals surface area contributed by atoms with Crippen LogP contribution in [0, 0.1) is 11.3 Å². The summed E-state index contributed by atoms with van der Waals surface area (Å²) in [6, 6.07) is 2.05. The fourth-order valence-corrected chi connectivity index (χ4v) is 1.09. The van der Waals surface area contributed by atoms with Crippen LogP contribution in [-0.2, 0) is 0 Å². The van der Waals surface area contributed by atoms with Crippen molar-refractivity contribution in [2.75, 3.05) is 0 Å². The molecule has 9 heavy (non-hydrogen) atoms. The van der Waals surface area contributed by atoms with Gasteiger partial charge in [-0.25, -0.2) is 0 Å². The molecule has 0 atom stereocenters. The minimum atomic E-state index is -0.488.